The quantitative estimate of drug-likeness (QED) is 0.645. The van der Waals surface area contributed by atoms with Gasteiger partial charge in [0.05, 0.1) is 24.7 Å². The zero-order valence-electron chi connectivity index (χ0n) is 13.5. The van der Waals surface area contributed by atoms with Gasteiger partial charge in [0.1, 0.15) is 11.4 Å². The van der Waals surface area contributed by atoms with Crippen LogP contribution < -0.4 is 15.4 Å². The Hall–Kier alpha value is -2.86. The Morgan fingerprint density at radius 1 is 1.04 bits per heavy atom. The minimum Gasteiger partial charge on any atom is -0.497 e. The summed E-state index contributed by atoms with van der Waals surface area (Å²) in [5.74, 6) is 0.502. The van der Waals surface area contributed by atoms with Crippen molar-refractivity contribution in [2.24, 2.45) is 0 Å². The molecule has 1 aromatic heterocycles. The highest BCUT2D eigenvalue weighted by atomic mass is 79.9. The van der Waals surface area contributed by atoms with Gasteiger partial charge in [0.15, 0.2) is 0 Å². The molecule has 0 saturated heterocycles. The van der Waals surface area contributed by atoms with Crippen molar-refractivity contribution in [3.63, 3.8) is 0 Å². The SMILES string of the molecule is COc1cccc(Nc2ccc(C(=O)Nc3ccccc3Br)nc2)c1. The van der Waals surface area contributed by atoms with Crippen LogP contribution in [-0.4, -0.2) is 18.0 Å². The Balaban J connectivity index is 1.69. The van der Waals surface area contributed by atoms with Crippen LogP contribution in [0.1, 0.15) is 10.5 Å². The lowest BCUT2D eigenvalue weighted by molar-refractivity contribution is 0.102. The number of methoxy groups -OCH3 is 1. The van der Waals surface area contributed by atoms with Gasteiger partial charge >= 0.3 is 0 Å². The van der Waals surface area contributed by atoms with E-state index >= 15 is 0 Å². The van der Waals surface area contributed by atoms with Crippen LogP contribution in [0.3, 0.4) is 0 Å². The predicted octanol–water partition coefficient (Wildman–Crippen LogP) is 4.85. The molecule has 3 aromatic rings. The molecule has 0 radical (unpaired) electrons. The fraction of sp³-hybridized carbons (Fsp3) is 0.0526. The maximum Gasteiger partial charge on any atom is 0.274 e. The minimum atomic E-state index is -0.264. The summed E-state index contributed by atoms with van der Waals surface area (Å²) >= 11 is 3.40. The maximum absolute atomic E-state index is 12.3. The van der Waals surface area contributed by atoms with Gasteiger partial charge in [-0.1, -0.05) is 18.2 Å². The van der Waals surface area contributed by atoms with E-state index in [1.54, 1.807) is 25.4 Å². The third-order valence-corrected chi connectivity index (χ3v) is 4.17. The molecule has 126 valence electrons. The summed E-state index contributed by atoms with van der Waals surface area (Å²) in [7, 11) is 1.62. The van der Waals surface area contributed by atoms with E-state index in [4.69, 9.17) is 4.74 Å². The molecule has 0 aliphatic heterocycles. The van der Waals surface area contributed by atoms with Gasteiger partial charge in [0.2, 0.25) is 0 Å². The molecule has 1 heterocycles. The number of para-hydroxylation sites is 1. The number of amides is 1. The van der Waals surface area contributed by atoms with Gasteiger partial charge in [-0.15, -0.1) is 0 Å². The summed E-state index contributed by atoms with van der Waals surface area (Å²) < 4.78 is 6.02. The smallest absolute Gasteiger partial charge is 0.274 e. The third-order valence-electron chi connectivity index (χ3n) is 3.48. The summed E-state index contributed by atoms with van der Waals surface area (Å²) in [5, 5.41) is 6.05. The molecule has 2 N–H and O–H groups in total. The van der Waals surface area contributed by atoms with Crippen LogP contribution in [0.4, 0.5) is 17.1 Å². The molecule has 0 spiro atoms. The second kappa shape index (κ2) is 7.81. The first-order valence-electron chi connectivity index (χ1n) is 7.59. The molecule has 2 aromatic carbocycles. The fourth-order valence-corrected chi connectivity index (χ4v) is 2.60. The van der Waals surface area contributed by atoms with E-state index in [-0.39, 0.29) is 5.91 Å². The van der Waals surface area contributed by atoms with Crippen molar-refractivity contribution in [2.45, 2.75) is 0 Å². The van der Waals surface area contributed by atoms with Crippen LogP contribution in [0.5, 0.6) is 5.75 Å². The van der Waals surface area contributed by atoms with Gasteiger partial charge in [-0.05, 0) is 52.3 Å². The van der Waals surface area contributed by atoms with Gasteiger partial charge in [-0.3, -0.25) is 4.79 Å². The Morgan fingerprint density at radius 2 is 1.88 bits per heavy atom. The van der Waals surface area contributed by atoms with E-state index in [2.05, 4.69) is 31.5 Å². The summed E-state index contributed by atoms with van der Waals surface area (Å²) in [6, 6.07) is 18.5. The zero-order valence-corrected chi connectivity index (χ0v) is 15.1. The molecule has 6 heteroatoms. The lowest BCUT2D eigenvalue weighted by atomic mass is 10.2. The normalized spacial score (nSPS) is 10.2. The van der Waals surface area contributed by atoms with Gasteiger partial charge < -0.3 is 15.4 Å². The van der Waals surface area contributed by atoms with Crippen molar-refractivity contribution in [3.05, 3.63) is 77.0 Å². The zero-order chi connectivity index (χ0) is 17.6. The second-order valence-corrected chi connectivity index (χ2v) is 6.08. The molecule has 0 atom stereocenters. The molecule has 0 unspecified atom stereocenters. The summed E-state index contributed by atoms with van der Waals surface area (Å²) in [5.41, 5.74) is 2.71. The van der Waals surface area contributed by atoms with E-state index in [0.717, 1.165) is 21.6 Å². The van der Waals surface area contributed by atoms with Crippen molar-refractivity contribution in [1.29, 1.82) is 0 Å². The van der Waals surface area contributed by atoms with Crippen molar-refractivity contribution in [1.82, 2.24) is 4.98 Å². The van der Waals surface area contributed by atoms with E-state index in [1.807, 2.05) is 48.5 Å². The number of pyridine rings is 1. The standard InChI is InChI=1S/C19H16BrN3O2/c1-25-15-6-4-5-13(11-15)22-14-9-10-18(21-12-14)19(24)23-17-8-3-2-7-16(17)20/h2-12,22H,1H3,(H,23,24). The molecule has 0 saturated carbocycles. The first kappa shape index (κ1) is 17.0. The number of carbonyl (C=O) groups excluding carboxylic acids is 1. The lowest BCUT2D eigenvalue weighted by Gasteiger charge is -2.09. The number of nitrogens with one attached hydrogen (secondary N) is 2. The largest absolute Gasteiger partial charge is 0.497 e. The number of rotatable bonds is 5. The Kier molecular flexibility index (Phi) is 5.30. The van der Waals surface area contributed by atoms with Crippen LogP contribution in [0.2, 0.25) is 0 Å². The molecular formula is C19H16BrN3O2. The average Bonchev–Trinajstić information content (AvgIpc) is 2.64. The highest BCUT2D eigenvalue weighted by Crippen LogP contribution is 2.23. The number of hydrogen-bond donors (Lipinski definition) is 2. The number of nitrogens with zero attached hydrogens (tertiary/aromatic N) is 1. The third kappa shape index (κ3) is 4.36. The van der Waals surface area contributed by atoms with Gasteiger partial charge in [-0.25, -0.2) is 4.98 Å². The number of benzene rings is 2. The van der Waals surface area contributed by atoms with Crippen LogP contribution in [0, 0.1) is 0 Å². The highest BCUT2D eigenvalue weighted by molar-refractivity contribution is 9.10. The molecule has 5 nitrogen and oxygen atoms in total. The topological polar surface area (TPSA) is 63.2 Å². The van der Waals surface area contributed by atoms with E-state index in [9.17, 15) is 4.79 Å². The van der Waals surface area contributed by atoms with Crippen molar-refractivity contribution in [2.75, 3.05) is 17.7 Å². The summed E-state index contributed by atoms with van der Waals surface area (Å²) in [4.78, 5) is 16.5. The van der Waals surface area contributed by atoms with Crippen molar-refractivity contribution in [3.8, 4) is 5.75 Å². The van der Waals surface area contributed by atoms with Crippen LogP contribution >= 0.6 is 15.9 Å². The van der Waals surface area contributed by atoms with Gasteiger partial charge in [-0.2, -0.15) is 0 Å². The molecule has 0 fully saturated rings. The molecule has 0 aliphatic carbocycles. The lowest BCUT2D eigenvalue weighted by Crippen LogP contribution is -2.13. The Bertz CT molecular complexity index is 882. The summed E-state index contributed by atoms with van der Waals surface area (Å²) in [6.07, 6.45) is 1.62. The van der Waals surface area contributed by atoms with Crippen LogP contribution in [0.25, 0.3) is 0 Å². The number of halogens is 1. The maximum atomic E-state index is 12.3. The van der Waals surface area contributed by atoms with E-state index < -0.39 is 0 Å². The molecule has 1 amide bonds. The predicted molar refractivity (Wildman–Crippen MR) is 103 cm³/mol. The highest BCUT2D eigenvalue weighted by Gasteiger charge is 2.09. The monoisotopic (exact) mass is 397 g/mol. The fourth-order valence-electron chi connectivity index (χ4n) is 2.22. The number of anilines is 3. The second-order valence-electron chi connectivity index (χ2n) is 5.22. The van der Waals surface area contributed by atoms with Gasteiger partial charge in [0, 0.05) is 16.2 Å². The molecule has 25 heavy (non-hydrogen) atoms. The number of hydrogen-bond acceptors (Lipinski definition) is 4. The first-order valence-corrected chi connectivity index (χ1v) is 8.38. The van der Waals surface area contributed by atoms with E-state index in [1.165, 1.54) is 0 Å². The van der Waals surface area contributed by atoms with Crippen LogP contribution in [-0.2, 0) is 0 Å². The minimum absolute atomic E-state index is 0.264. The molecule has 0 bridgehead atoms. The molecule has 0 aliphatic rings. The number of ether oxygens (including phenoxy) is 1. The van der Waals surface area contributed by atoms with E-state index in [0.29, 0.717) is 11.4 Å². The Labute approximate surface area is 154 Å². The average molecular weight is 398 g/mol. The first-order chi connectivity index (χ1) is 12.2. The molecule has 3 rings (SSSR count). The van der Waals surface area contributed by atoms with Crippen molar-refractivity contribution < 1.29 is 9.53 Å². The summed E-state index contributed by atoms with van der Waals surface area (Å²) in [6.45, 7) is 0. The number of carbonyl (C=O) groups is 1. The molecular weight excluding hydrogens is 382 g/mol. The van der Waals surface area contributed by atoms with Crippen molar-refractivity contribution >= 4 is 38.9 Å². The van der Waals surface area contributed by atoms with Gasteiger partial charge in [0.25, 0.3) is 5.91 Å². The number of aromatic nitrogens is 1. The van der Waals surface area contributed by atoms with Crippen LogP contribution in [0.15, 0.2) is 71.3 Å². The Morgan fingerprint density at radius 3 is 2.60 bits per heavy atom.